The van der Waals surface area contributed by atoms with Gasteiger partial charge in [0, 0.05) is 48.6 Å². The molecule has 13 heteroatoms. The topological polar surface area (TPSA) is 146 Å². The molecule has 0 bridgehead atoms. The van der Waals surface area contributed by atoms with E-state index < -0.39 is 29.4 Å². The van der Waals surface area contributed by atoms with Gasteiger partial charge in [-0.05, 0) is 59.5 Å². The number of carbonyl (C=O) groups is 3. The van der Waals surface area contributed by atoms with Gasteiger partial charge in [0.1, 0.15) is 23.2 Å². The van der Waals surface area contributed by atoms with Crippen molar-refractivity contribution in [2.75, 3.05) is 41.4 Å². The Morgan fingerprint density at radius 1 is 0.778 bits per heavy atom. The van der Waals surface area contributed by atoms with E-state index in [0.717, 1.165) is 46.1 Å². The number of hydrogen-bond acceptors (Lipinski definition) is 10. The number of carboxylic acids is 1. The first-order chi connectivity index (χ1) is 30.9. The Labute approximate surface area is 365 Å². The molecule has 316 valence electrons. The summed E-state index contributed by atoms with van der Waals surface area (Å²) in [6.07, 6.45) is 5.41. The standard InChI is InChI=1S/C50H46N8O5/c1-2-43(48(61)62)56(34-44-51-26-27-58(44)50(36-14-6-3-7-15-36,37-16-8-4-9-17-37)38-18-10-5-11-19-38)45-35(33-57-46(59)41-20-12-13-21-42(41)47(57)60)32-52-49(54-45)53-39-22-24-40(25-23-39)55-28-30-63-31-29-55/h3-27,32,43H,2,28-31,33-34H2,1H3,(H,61,62)(H,52,53,54). The van der Waals surface area contributed by atoms with Crippen LogP contribution in [0.2, 0.25) is 0 Å². The van der Waals surface area contributed by atoms with Crippen molar-refractivity contribution < 1.29 is 24.2 Å². The minimum absolute atomic E-state index is 0.0219. The lowest BCUT2D eigenvalue weighted by molar-refractivity contribution is -0.138. The molecule has 2 aliphatic rings. The molecule has 1 unspecified atom stereocenters. The second-order valence-electron chi connectivity index (χ2n) is 15.5. The normalized spacial score (nSPS) is 14.4. The van der Waals surface area contributed by atoms with Gasteiger partial charge in [-0.3, -0.25) is 14.5 Å². The second kappa shape index (κ2) is 17.8. The molecule has 2 amide bonds. The van der Waals surface area contributed by atoms with Crippen LogP contribution in [0.5, 0.6) is 0 Å². The minimum atomic E-state index is -1.11. The summed E-state index contributed by atoms with van der Waals surface area (Å²) in [6, 6.07) is 44.0. The van der Waals surface area contributed by atoms with Crippen LogP contribution in [0.4, 0.5) is 23.1 Å². The van der Waals surface area contributed by atoms with Crippen molar-refractivity contribution in [2.45, 2.75) is 38.0 Å². The Kier molecular flexibility index (Phi) is 11.5. The minimum Gasteiger partial charge on any atom is -0.480 e. The zero-order chi connectivity index (χ0) is 43.3. The highest BCUT2D eigenvalue weighted by Gasteiger charge is 2.41. The first kappa shape index (κ1) is 40.7. The lowest BCUT2D eigenvalue weighted by atomic mass is 9.76. The summed E-state index contributed by atoms with van der Waals surface area (Å²) >= 11 is 0. The van der Waals surface area contributed by atoms with E-state index in [2.05, 4.69) is 56.2 Å². The Hall–Kier alpha value is -7.64. The number of aliphatic carboxylic acids is 1. The predicted molar refractivity (Wildman–Crippen MR) is 240 cm³/mol. The number of anilines is 4. The summed E-state index contributed by atoms with van der Waals surface area (Å²) in [5, 5.41) is 14.3. The second-order valence-corrected chi connectivity index (χ2v) is 15.5. The fraction of sp³-hybridized carbons (Fsp3) is 0.200. The van der Waals surface area contributed by atoms with Gasteiger partial charge in [-0.15, -0.1) is 0 Å². The van der Waals surface area contributed by atoms with Gasteiger partial charge in [0.25, 0.3) is 11.8 Å². The van der Waals surface area contributed by atoms with Crippen LogP contribution in [0.3, 0.4) is 0 Å². The molecule has 0 spiro atoms. The number of benzene rings is 5. The van der Waals surface area contributed by atoms with E-state index in [-0.39, 0.29) is 31.3 Å². The van der Waals surface area contributed by atoms with Crippen molar-refractivity contribution in [1.82, 2.24) is 24.4 Å². The summed E-state index contributed by atoms with van der Waals surface area (Å²) in [7, 11) is 0. The van der Waals surface area contributed by atoms with Crippen LogP contribution in [0, 0.1) is 0 Å². The number of amides is 2. The number of rotatable bonds is 15. The fourth-order valence-electron chi connectivity index (χ4n) is 8.80. The average molecular weight is 839 g/mol. The summed E-state index contributed by atoms with van der Waals surface area (Å²) in [5.74, 6) is -0.984. The molecular formula is C50H46N8O5. The number of ether oxygens (including phenoxy) is 1. The average Bonchev–Trinajstić information content (AvgIpc) is 3.89. The highest BCUT2D eigenvalue weighted by Crippen LogP contribution is 2.42. The quantitative estimate of drug-likeness (QED) is 0.0772. The number of fused-ring (bicyclic) bond motifs is 1. The van der Waals surface area contributed by atoms with Crippen molar-refractivity contribution in [1.29, 1.82) is 0 Å². The Morgan fingerprint density at radius 2 is 1.33 bits per heavy atom. The molecule has 1 fully saturated rings. The summed E-state index contributed by atoms with van der Waals surface area (Å²) in [5.41, 5.74) is 4.74. The molecule has 0 aliphatic carbocycles. The summed E-state index contributed by atoms with van der Waals surface area (Å²) in [6.45, 7) is 4.52. The van der Waals surface area contributed by atoms with Crippen LogP contribution in [0.25, 0.3) is 0 Å². The van der Waals surface area contributed by atoms with E-state index >= 15 is 0 Å². The molecule has 1 atom stereocenters. The van der Waals surface area contributed by atoms with E-state index in [1.807, 2.05) is 85.1 Å². The van der Waals surface area contributed by atoms with Crippen LogP contribution in [0.15, 0.2) is 158 Å². The number of hydrogen-bond donors (Lipinski definition) is 2. The van der Waals surface area contributed by atoms with Gasteiger partial charge in [-0.1, -0.05) is 110 Å². The number of imidazole rings is 1. The van der Waals surface area contributed by atoms with Gasteiger partial charge in [-0.2, -0.15) is 4.98 Å². The molecule has 0 saturated carbocycles. The van der Waals surface area contributed by atoms with Crippen molar-refractivity contribution in [3.8, 4) is 0 Å². The zero-order valence-corrected chi connectivity index (χ0v) is 34.7. The smallest absolute Gasteiger partial charge is 0.326 e. The van der Waals surface area contributed by atoms with Crippen LogP contribution in [0.1, 0.15) is 62.1 Å². The van der Waals surface area contributed by atoms with Gasteiger partial charge in [-0.25, -0.2) is 14.8 Å². The monoisotopic (exact) mass is 838 g/mol. The third-order valence-corrected chi connectivity index (χ3v) is 11.8. The van der Waals surface area contributed by atoms with Gasteiger partial charge < -0.3 is 29.5 Å². The third kappa shape index (κ3) is 7.78. The van der Waals surface area contributed by atoms with E-state index in [0.29, 0.717) is 35.7 Å². The first-order valence-electron chi connectivity index (χ1n) is 21.1. The van der Waals surface area contributed by atoms with E-state index in [1.165, 1.54) is 0 Å². The van der Waals surface area contributed by atoms with Gasteiger partial charge in [0.15, 0.2) is 0 Å². The maximum atomic E-state index is 13.8. The Balaban J connectivity index is 1.18. The molecule has 5 aromatic carbocycles. The first-order valence-corrected chi connectivity index (χ1v) is 21.1. The highest BCUT2D eigenvalue weighted by molar-refractivity contribution is 6.21. The van der Waals surface area contributed by atoms with Crippen LogP contribution >= 0.6 is 0 Å². The molecular weight excluding hydrogens is 793 g/mol. The predicted octanol–water partition coefficient (Wildman–Crippen LogP) is 7.76. The maximum absolute atomic E-state index is 13.8. The molecule has 9 rings (SSSR count). The zero-order valence-electron chi connectivity index (χ0n) is 34.7. The molecule has 2 N–H and O–H groups in total. The van der Waals surface area contributed by atoms with Gasteiger partial charge >= 0.3 is 5.97 Å². The molecule has 2 aliphatic heterocycles. The maximum Gasteiger partial charge on any atom is 0.326 e. The number of carbonyl (C=O) groups excluding carboxylic acids is 2. The van der Waals surface area contributed by atoms with Gasteiger partial charge in [0.05, 0.1) is 37.4 Å². The van der Waals surface area contributed by atoms with Crippen LogP contribution < -0.4 is 15.1 Å². The number of nitrogens with zero attached hydrogens (tertiary/aromatic N) is 7. The lowest BCUT2D eigenvalue weighted by Crippen LogP contribution is -2.44. The lowest BCUT2D eigenvalue weighted by Gasteiger charge is -2.39. The van der Waals surface area contributed by atoms with Crippen molar-refractivity contribution >= 4 is 40.9 Å². The number of aromatic nitrogens is 4. The molecule has 2 aromatic heterocycles. The van der Waals surface area contributed by atoms with Crippen molar-refractivity contribution in [3.63, 3.8) is 0 Å². The van der Waals surface area contributed by atoms with Crippen LogP contribution in [-0.2, 0) is 28.2 Å². The molecule has 0 radical (unpaired) electrons. The van der Waals surface area contributed by atoms with Gasteiger partial charge in [0.2, 0.25) is 5.95 Å². The molecule has 13 nitrogen and oxygen atoms in total. The number of nitrogens with one attached hydrogen (secondary N) is 1. The van der Waals surface area contributed by atoms with E-state index in [4.69, 9.17) is 14.7 Å². The molecule has 7 aromatic rings. The Bertz CT molecular complexity index is 2590. The van der Waals surface area contributed by atoms with Crippen LogP contribution in [-0.4, -0.2) is 79.7 Å². The fourth-order valence-corrected chi connectivity index (χ4v) is 8.80. The number of morpholine rings is 1. The largest absolute Gasteiger partial charge is 0.480 e. The van der Waals surface area contributed by atoms with Crippen molar-refractivity contribution in [2.24, 2.45) is 0 Å². The SMILES string of the molecule is CCC(C(=O)O)N(Cc1nccn1C(c1ccccc1)(c1ccccc1)c1ccccc1)c1nc(Nc2ccc(N3CCOCC3)cc2)ncc1CN1C(=O)c2ccccc2C1=O. The van der Waals surface area contributed by atoms with Crippen molar-refractivity contribution in [3.05, 3.63) is 197 Å². The highest BCUT2D eigenvalue weighted by atomic mass is 16.5. The number of imide groups is 1. The summed E-state index contributed by atoms with van der Waals surface area (Å²) in [4.78, 5) is 60.8. The van der Waals surface area contributed by atoms with E-state index in [9.17, 15) is 19.5 Å². The number of carboxylic acid groups (broad SMARTS) is 1. The van der Waals surface area contributed by atoms with E-state index in [1.54, 1.807) is 48.5 Å². The molecule has 63 heavy (non-hydrogen) atoms. The third-order valence-electron chi connectivity index (χ3n) is 11.8. The Morgan fingerprint density at radius 3 is 1.87 bits per heavy atom. The molecule has 1 saturated heterocycles. The summed E-state index contributed by atoms with van der Waals surface area (Å²) < 4.78 is 7.64. The molecule has 4 heterocycles.